The number of benzene rings is 5. The van der Waals surface area contributed by atoms with Gasteiger partial charge in [-0.05, 0) is 60.7 Å². The van der Waals surface area contributed by atoms with Gasteiger partial charge in [-0.1, -0.05) is 95.9 Å². The van der Waals surface area contributed by atoms with Crippen molar-refractivity contribution in [3.8, 4) is 47.4 Å². The molecular formula is C40H26N4S. The van der Waals surface area contributed by atoms with Crippen LogP contribution in [0.5, 0.6) is 0 Å². The van der Waals surface area contributed by atoms with Crippen molar-refractivity contribution in [2.45, 2.75) is 0 Å². The molecule has 5 heteroatoms. The number of para-hydroxylation sites is 2. The first kappa shape index (κ1) is 28.9. The summed E-state index contributed by atoms with van der Waals surface area (Å²) in [4.78, 5) is 0. The van der Waals surface area contributed by atoms with E-state index in [2.05, 4.69) is 66.7 Å². The SMILES string of the molecule is CNc1ccccc1C#Cc1ccccc1C#Cc1ccc(C#Cc2ccccc2C#Cc2ccccc2NC)c2nsnc12. The maximum atomic E-state index is 4.56. The van der Waals surface area contributed by atoms with Crippen molar-refractivity contribution in [2.75, 3.05) is 24.7 Å². The van der Waals surface area contributed by atoms with Crippen molar-refractivity contribution in [1.82, 2.24) is 8.75 Å². The Balaban J connectivity index is 1.30. The summed E-state index contributed by atoms with van der Waals surface area (Å²) in [6, 6.07) is 35.7. The van der Waals surface area contributed by atoms with Gasteiger partial charge in [-0.15, -0.1) is 0 Å². The molecule has 6 aromatic rings. The molecule has 0 aliphatic heterocycles. The molecule has 0 amide bonds. The summed E-state index contributed by atoms with van der Waals surface area (Å²) >= 11 is 1.16. The van der Waals surface area contributed by atoms with Crippen LogP contribution in [0.15, 0.2) is 109 Å². The van der Waals surface area contributed by atoms with E-state index in [1.807, 2.05) is 123 Å². The minimum absolute atomic E-state index is 0.738. The number of nitrogens with zero attached hydrogens (tertiary/aromatic N) is 2. The molecule has 4 nitrogen and oxygen atoms in total. The van der Waals surface area contributed by atoms with Crippen LogP contribution in [-0.2, 0) is 0 Å². The van der Waals surface area contributed by atoms with Gasteiger partial charge in [0.2, 0.25) is 0 Å². The summed E-state index contributed by atoms with van der Waals surface area (Å²) in [5, 5.41) is 6.38. The Morgan fingerprint density at radius 1 is 0.378 bits per heavy atom. The van der Waals surface area contributed by atoms with Crippen LogP contribution in [0.25, 0.3) is 11.0 Å². The number of hydrogen-bond donors (Lipinski definition) is 2. The molecule has 0 atom stereocenters. The molecule has 1 aromatic heterocycles. The zero-order valence-electron chi connectivity index (χ0n) is 24.7. The van der Waals surface area contributed by atoms with Gasteiger partial charge < -0.3 is 10.6 Å². The lowest BCUT2D eigenvalue weighted by molar-refractivity contribution is 1.49. The van der Waals surface area contributed by atoms with E-state index in [9.17, 15) is 0 Å². The molecule has 0 bridgehead atoms. The Labute approximate surface area is 267 Å². The van der Waals surface area contributed by atoms with Crippen molar-refractivity contribution in [2.24, 2.45) is 0 Å². The molecule has 0 radical (unpaired) electrons. The third-order valence-corrected chi connectivity index (χ3v) is 7.52. The smallest absolute Gasteiger partial charge is 0.121 e. The fourth-order valence-electron chi connectivity index (χ4n) is 4.63. The molecule has 2 N–H and O–H groups in total. The summed E-state index contributed by atoms with van der Waals surface area (Å²) in [6.45, 7) is 0. The molecule has 0 saturated heterocycles. The molecule has 0 aliphatic rings. The molecule has 0 aliphatic carbocycles. The highest BCUT2D eigenvalue weighted by Gasteiger charge is 2.08. The summed E-state index contributed by atoms with van der Waals surface area (Å²) in [6.07, 6.45) is 0. The normalized spacial score (nSPS) is 9.73. The molecule has 0 saturated carbocycles. The molecule has 5 aromatic carbocycles. The van der Waals surface area contributed by atoms with Crippen LogP contribution in [-0.4, -0.2) is 22.8 Å². The van der Waals surface area contributed by atoms with Gasteiger partial charge in [0.15, 0.2) is 0 Å². The lowest BCUT2D eigenvalue weighted by Gasteiger charge is -2.02. The zero-order valence-corrected chi connectivity index (χ0v) is 25.5. The third kappa shape index (κ3) is 6.72. The van der Waals surface area contributed by atoms with Gasteiger partial charge in [0.05, 0.1) is 22.9 Å². The van der Waals surface area contributed by atoms with E-state index >= 15 is 0 Å². The lowest BCUT2D eigenvalue weighted by Crippen LogP contribution is -1.91. The standard InChI is InChI=1S/C40H26N4S/c1-41-37-17-9-7-15-33(37)23-19-29-11-3-5-13-31(29)21-25-35-27-28-36(40-39(35)43-45-44-40)26-22-32-14-6-4-12-30(32)20-24-34-16-8-10-18-38(34)42-2/h3-18,27-28,41-42H,1-2H3. The molecule has 0 unspecified atom stereocenters. The highest BCUT2D eigenvalue weighted by molar-refractivity contribution is 7.00. The minimum Gasteiger partial charge on any atom is -0.387 e. The van der Waals surface area contributed by atoms with Crippen LogP contribution in [0.3, 0.4) is 0 Å². The van der Waals surface area contributed by atoms with E-state index in [0.29, 0.717) is 0 Å². The van der Waals surface area contributed by atoms with E-state index in [1.165, 1.54) is 0 Å². The molecule has 1 heterocycles. The highest BCUT2D eigenvalue weighted by atomic mass is 32.1. The van der Waals surface area contributed by atoms with Crippen molar-refractivity contribution in [3.05, 3.63) is 154 Å². The van der Waals surface area contributed by atoms with Crippen LogP contribution in [0, 0.1) is 47.4 Å². The summed E-state index contributed by atoms with van der Waals surface area (Å²) in [5.74, 6) is 26.4. The number of rotatable bonds is 2. The average Bonchev–Trinajstić information content (AvgIpc) is 3.60. The minimum atomic E-state index is 0.738. The van der Waals surface area contributed by atoms with Crippen LogP contribution >= 0.6 is 11.7 Å². The molecule has 6 rings (SSSR count). The average molecular weight is 595 g/mol. The predicted octanol–water partition coefficient (Wildman–Crippen LogP) is 7.37. The van der Waals surface area contributed by atoms with E-state index < -0.39 is 0 Å². The van der Waals surface area contributed by atoms with Crippen LogP contribution in [0.1, 0.15) is 44.5 Å². The first-order chi connectivity index (χ1) is 22.2. The lowest BCUT2D eigenvalue weighted by atomic mass is 10.0. The summed E-state index contributed by atoms with van der Waals surface area (Å²) in [7, 11) is 3.79. The molecular weight excluding hydrogens is 569 g/mol. The molecule has 212 valence electrons. The summed E-state index contributed by atoms with van der Waals surface area (Å²) < 4.78 is 9.12. The monoisotopic (exact) mass is 594 g/mol. The molecule has 0 fully saturated rings. The topological polar surface area (TPSA) is 49.8 Å². The zero-order chi connectivity index (χ0) is 30.8. The van der Waals surface area contributed by atoms with Crippen molar-refractivity contribution in [3.63, 3.8) is 0 Å². The van der Waals surface area contributed by atoms with Gasteiger partial charge in [0, 0.05) is 58.9 Å². The van der Waals surface area contributed by atoms with E-state index in [4.69, 9.17) is 0 Å². The second kappa shape index (κ2) is 13.8. The van der Waals surface area contributed by atoms with Gasteiger partial charge in [-0.2, -0.15) is 8.75 Å². The fourth-order valence-corrected chi connectivity index (χ4v) is 5.20. The number of hydrogen-bond acceptors (Lipinski definition) is 5. The van der Waals surface area contributed by atoms with Gasteiger partial charge >= 0.3 is 0 Å². The number of nitrogens with one attached hydrogen (secondary N) is 2. The molecule has 45 heavy (non-hydrogen) atoms. The largest absolute Gasteiger partial charge is 0.387 e. The number of aromatic nitrogens is 2. The highest BCUT2D eigenvalue weighted by Crippen LogP contribution is 2.21. The Bertz CT molecular complexity index is 2120. The van der Waals surface area contributed by atoms with E-state index in [1.54, 1.807) is 0 Å². The maximum Gasteiger partial charge on any atom is 0.121 e. The Kier molecular flexibility index (Phi) is 8.86. The Hall–Kier alpha value is -6.24. The third-order valence-electron chi connectivity index (χ3n) is 6.99. The van der Waals surface area contributed by atoms with Crippen molar-refractivity contribution < 1.29 is 0 Å². The van der Waals surface area contributed by atoms with Crippen molar-refractivity contribution in [1.29, 1.82) is 0 Å². The van der Waals surface area contributed by atoms with E-state index in [0.717, 1.165) is 78.6 Å². The van der Waals surface area contributed by atoms with Crippen molar-refractivity contribution >= 4 is 34.1 Å². The van der Waals surface area contributed by atoms with Crippen LogP contribution in [0.2, 0.25) is 0 Å². The van der Waals surface area contributed by atoms with Crippen LogP contribution < -0.4 is 10.6 Å². The van der Waals surface area contributed by atoms with Gasteiger partial charge in [-0.3, -0.25) is 0 Å². The van der Waals surface area contributed by atoms with E-state index in [-0.39, 0.29) is 0 Å². The number of anilines is 2. The fraction of sp³-hybridized carbons (Fsp3) is 0.0500. The van der Waals surface area contributed by atoms with Crippen LogP contribution in [0.4, 0.5) is 11.4 Å². The second-order valence-electron chi connectivity index (χ2n) is 9.80. The summed E-state index contributed by atoms with van der Waals surface area (Å²) in [5.41, 5.74) is 10.3. The van der Waals surface area contributed by atoms with Gasteiger partial charge in [0.25, 0.3) is 0 Å². The second-order valence-corrected chi connectivity index (χ2v) is 10.3. The van der Waals surface area contributed by atoms with Gasteiger partial charge in [0.1, 0.15) is 11.0 Å². The molecule has 0 spiro atoms. The van der Waals surface area contributed by atoms with Gasteiger partial charge in [-0.25, -0.2) is 0 Å². The quantitative estimate of drug-likeness (QED) is 0.206. The number of fused-ring (bicyclic) bond motifs is 1. The maximum absolute atomic E-state index is 4.56. The Morgan fingerprint density at radius 2 is 0.667 bits per heavy atom. The first-order valence-electron chi connectivity index (χ1n) is 14.3. The Morgan fingerprint density at radius 3 is 1.02 bits per heavy atom. The predicted molar refractivity (Wildman–Crippen MR) is 186 cm³/mol. The first-order valence-corrected chi connectivity index (χ1v) is 15.0.